The van der Waals surface area contributed by atoms with E-state index in [-0.39, 0.29) is 18.1 Å². The molecule has 0 aliphatic rings. The highest BCUT2D eigenvalue weighted by Crippen LogP contribution is 2.18. The van der Waals surface area contributed by atoms with Crippen molar-refractivity contribution >= 4 is 23.2 Å². The van der Waals surface area contributed by atoms with Crippen LogP contribution in [-0.4, -0.2) is 34.0 Å². The molecule has 0 unspecified atom stereocenters. The molecule has 1 aromatic heterocycles. The van der Waals surface area contributed by atoms with Crippen LogP contribution in [0.3, 0.4) is 0 Å². The molecule has 0 spiro atoms. The maximum atomic E-state index is 13.6. The number of nitrogens with zero attached hydrogens (tertiary/aromatic N) is 3. The van der Waals surface area contributed by atoms with Crippen molar-refractivity contribution in [1.82, 2.24) is 14.5 Å². The Hall–Kier alpha value is -1.92. The Morgan fingerprint density at radius 2 is 2.27 bits per heavy atom. The van der Waals surface area contributed by atoms with Gasteiger partial charge in [-0.05, 0) is 32.2 Å². The van der Waals surface area contributed by atoms with Gasteiger partial charge in [0.1, 0.15) is 11.6 Å². The van der Waals surface area contributed by atoms with Crippen molar-refractivity contribution in [2.45, 2.75) is 20.0 Å². The van der Waals surface area contributed by atoms with Gasteiger partial charge in [0.15, 0.2) is 0 Å². The number of halogens is 2. The zero-order chi connectivity index (χ0) is 16.1. The van der Waals surface area contributed by atoms with E-state index < -0.39 is 5.82 Å². The molecule has 0 radical (unpaired) electrons. The topological polar surface area (TPSA) is 50.2 Å². The van der Waals surface area contributed by atoms with E-state index in [9.17, 15) is 9.18 Å². The summed E-state index contributed by atoms with van der Waals surface area (Å²) in [4.78, 5) is 18.0. The smallest absolute Gasteiger partial charge is 0.238 e. The first-order valence-electron chi connectivity index (χ1n) is 6.93. The lowest BCUT2D eigenvalue weighted by Crippen LogP contribution is -2.31. The Bertz CT molecular complexity index is 659. The van der Waals surface area contributed by atoms with E-state index in [1.54, 1.807) is 6.20 Å². The number of hydrogen-bond acceptors (Lipinski definition) is 3. The van der Waals surface area contributed by atoms with E-state index in [1.807, 2.05) is 29.6 Å². The van der Waals surface area contributed by atoms with Crippen molar-refractivity contribution in [1.29, 1.82) is 0 Å². The number of hydrogen-bond donors (Lipinski definition) is 1. The second kappa shape index (κ2) is 7.38. The van der Waals surface area contributed by atoms with Gasteiger partial charge in [0.05, 0.1) is 18.8 Å². The number of anilines is 1. The number of likely N-dealkylation sites (N-methyl/N-ethyl adjacent to an activating group) is 1. The molecule has 1 heterocycles. The third kappa shape index (κ3) is 4.29. The minimum atomic E-state index is -0.551. The molecule has 2 rings (SSSR count). The SMILES string of the molecule is CCn1ccnc1CN(C)CC(=O)Nc1ccc(Cl)cc1F. The maximum absolute atomic E-state index is 13.6. The minimum absolute atomic E-state index is 0.123. The number of rotatable bonds is 6. The number of carbonyl (C=O) groups excluding carboxylic acids is 1. The average Bonchev–Trinajstić information content (AvgIpc) is 2.88. The molecule has 0 aliphatic heterocycles. The summed E-state index contributed by atoms with van der Waals surface area (Å²) in [5.41, 5.74) is 0.123. The monoisotopic (exact) mass is 324 g/mol. The number of aryl methyl sites for hydroxylation is 1. The first-order valence-corrected chi connectivity index (χ1v) is 7.31. The standard InChI is InChI=1S/C15H18ClFN4O/c1-3-21-7-6-18-14(21)9-20(2)10-15(22)19-13-5-4-11(16)8-12(13)17/h4-8H,3,9-10H2,1-2H3,(H,19,22). The number of carbonyl (C=O) groups is 1. The highest BCUT2D eigenvalue weighted by molar-refractivity contribution is 6.30. The van der Waals surface area contributed by atoms with Gasteiger partial charge in [-0.2, -0.15) is 0 Å². The first-order chi connectivity index (χ1) is 10.5. The molecule has 0 aliphatic carbocycles. The van der Waals surface area contributed by atoms with Crippen molar-refractivity contribution in [2.24, 2.45) is 0 Å². The highest BCUT2D eigenvalue weighted by atomic mass is 35.5. The number of aromatic nitrogens is 2. The molecule has 5 nitrogen and oxygen atoms in total. The Kier molecular flexibility index (Phi) is 5.51. The van der Waals surface area contributed by atoms with Crippen molar-refractivity contribution in [3.8, 4) is 0 Å². The van der Waals surface area contributed by atoms with E-state index in [4.69, 9.17) is 11.6 Å². The average molecular weight is 325 g/mol. The molecule has 0 saturated heterocycles. The summed E-state index contributed by atoms with van der Waals surface area (Å²) in [5, 5.41) is 2.83. The molecule has 1 amide bonds. The largest absolute Gasteiger partial charge is 0.334 e. The minimum Gasteiger partial charge on any atom is -0.334 e. The van der Waals surface area contributed by atoms with Gasteiger partial charge in [0, 0.05) is 24.0 Å². The molecule has 7 heteroatoms. The Balaban J connectivity index is 1.91. The fourth-order valence-corrected chi connectivity index (χ4v) is 2.26. The fourth-order valence-electron chi connectivity index (χ4n) is 2.10. The van der Waals surface area contributed by atoms with Crippen molar-refractivity contribution < 1.29 is 9.18 Å². The molecule has 0 atom stereocenters. The van der Waals surface area contributed by atoms with Crippen molar-refractivity contribution in [3.05, 3.63) is 47.3 Å². The van der Waals surface area contributed by atoms with Gasteiger partial charge < -0.3 is 9.88 Å². The quantitative estimate of drug-likeness (QED) is 0.889. The summed E-state index contributed by atoms with van der Waals surface area (Å²) < 4.78 is 15.6. The van der Waals surface area contributed by atoms with Gasteiger partial charge in [0.2, 0.25) is 5.91 Å². The number of imidazole rings is 1. The van der Waals surface area contributed by atoms with E-state index >= 15 is 0 Å². The van der Waals surface area contributed by atoms with Gasteiger partial charge in [-0.25, -0.2) is 9.37 Å². The summed E-state index contributed by atoms with van der Waals surface area (Å²) in [6, 6.07) is 4.14. The Labute approximate surface area is 133 Å². The molecule has 0 fully saturated rings. The molecule has 2 aromatic rings. The zero-order valence-electron chi connectivity index (χ0n) is 12.5. The second-order valence-corrected chi connectivity index (χ2v) is 5.41. The van der Waals surface area contributed by atoms with Crippen LogP contribution in [0.1, 0.15) is 12.7 Å². The third-order valence-corrected chi connectivity index (χ3v) is 3.41. The predicted octanol–water partition coefficient (Wildman–Crippen LogP) is 2.77. The summed E-state index contributed by atoms with van der Waals surface area (Å²) in [7, 11) is 1.81. The summed E-state index contributed by atoms with van der Waals surface area (Å²) in [6.45, 7) is 3.53. The van der Waals surface area contributed by atoms with Crippen molar-refractivity contribution in [3.63, 3.8) is 0 Å². The number of nitrogens with one attached hydrogen (secondary N) is 1. The third-order valence-electron chi connectivity index (χ3n) is 3.17. The van der Waals surface area contributed by atoms with E-state index in [1.165, 1.54) is 18.2 Å². The van der Waals surface area contributed by atoms with Crippen molar-refractivity contribution in [2.75, 3.05) is 18.9 Å². The lowest BCUT2D eigenvalue weighted by atomic mass is 10.3. The number of benzene rings is 1. The Morgan fingerprint density at radius 3 is 2.95 bits per heavy atom. The van der Waals surface area contributed by atoms with E-state index in [0.717, 1.165) is 12.4 Å². The second-order valence-electron chi connectivity index (χ2n) is 4.97. The molecular weight excluding hydrogens is 307 g/mol. The van der Waals surface area contributed by atoms with Crippen LogP contribution >= 0.6 is 11.6 Å². The van der Waals surface area contributed by atoms with Crippen LogP contribution in [0.15, 0.2) is 30.6 Å². The lowest BCUT2D eigenvalue weighted by Gasteiger charge is -2.16. The molecule has 1 aromatic carbocycles. The normalized spacial score (nSPS) is 11.0. The summed E-state index contributed by atoms with van der Waals surface area (Å²) in [5.74, 6) is 0.0406. The van der Waals surface area contributed by atoms with E-state index in [0.29, 0.717) is 11.6 Å². The van der Waals surface area contributed by atoms with Gasteiger partial charge in [-0.3, -0.25) is 9.69 Å². The van der Waals surface area contributed by atoms with Gasteiger partial charge in [0.25, 0.3) is 0 Å². The van der Waals surface area contributed by atoms with Gasteiger partial charge in [-0.15, -0.1) is 0 Å². The fraction of sp³-hybridized carbons (Fsp3) is 0.333. The molecular formula is C15H18ClFN4O. The van der Waals surface area contributed by atoms with Crippen LogP contribution in [0, 0.1) is 5.82 Å². The van der Waals surface area contributed by atoms with Crippen LogP contribution in [0.5, 0.6) is 0 Å². The zero-order valence-corrected chi connectivity index (χ0v) is 13.3. The first kappa shape index (κ1) is 16.5. The molecule has 0 bridgehead atoms. The molecule has 1 N–H and O–H groups in total. The Morgan fingerprint density at radius 1 is 1.50 bits per heavy atom. The highest BCUT2D eigenvalue weighted by Gasteiger charge is 2.12. The molecule has 22 heavy (non-hydrogen) atoms. The molecule has 118 valence electrons. The predicted molar refractivity (Wildman–Crippen MR) is 84.3 cm³/mol. The van der Waals surface area contributed by atoms with Crippen LogP contribution < -0.4 is 5.32 Å². The van der Waals surface area contributed by atoms with E-state index in [2.05, 4.69) is 10.3 Å². The van der Waals surface area contributed by atoms with Gasteiger partial charge >= 0.3 is 0 Å². The molecule has 0 saturated carbocycles. The summed E-state index contributed by atoms with van der Waals surface area (Å²) >= 11 is 5.68. The van der Waals surface area contributed by atoms with Gasteiger partial charge in [-0.1, -0.05) is 11.6 Å². The van der Waals surface area contributed by atoms with Crippen LogP contribution in [0.2, 0.25) is 5.02 Å². The number of amides is 1. The van der Waals surface area contributed by atoms with Crippen LogP contribution in [-0.2, 0) is 17.9 Å². The van der Waals surface area contributed by atoms with Crippen LogP contribution in [0.25, 0.3) is 0 Å². The maximum Gasteiger partial charge on any atom is 0.238 e. The summed E-state index contributed by atoms with van der Waals surface area (Å²) in [6.07, 6.45) is 3.63. The lowest BCUT2D eigenvalue weighted by molar-refractivity contribution is -0.117. The van der Waals surface area contributed by atoms with Crippen LogP contribution in [0.4, 0.5) is 10.1 Å².